The van der Waals surface area contributed by atoms with Crippen LogP contribution in [0.5, 0.6) is 0 Å². The van der Waals surface area contributed by atoms with E-state index in [1.165, 1.54) is 5.56 Å². The number of carbonyl (C=O) groups is 2. The topological polar surface area (TPSA) is 49.4 Å². The molecule has 4 nitrogen and oxygen atoms in total. The van der Waals surface area contributed by atoms with Crippen molar-refractivity contribution in [3.05, 3.63) is 48.6 Å². The van der Waals surface area contributed by atoms with Crippen LogP contribution in [0.15, 0.2) is 43.0 Å². The van der Waals surface area contributed by atoms with E-state index in [-0.39, 0.29) is 17.7 Å². The second-order valence-corrected chi connectivity index (χ2v) is 6.22. The highest BCUT2D eigenvalue weighted by molar-refractivity contribution is 5.82. The molecular weight excluding hydrogens is 288 g/mol. The molecule has 4 heteroatoms. The van der Waals surface area contributed by atoms with Gasteiger partial charge in [-0.15, -0.1) is 6.58 Å². The van der Waals surface area contributed by atoms with Gasteiger partial charge in [0.15, 0.2) is 0 Å². The molecule has 0 aromatic heterocycles. The number of nitrogens with zero attached hydrogens (tertiary/aromatic N) is 1. The number of hydrogen-bond acceptors (Lipinski definition) is 2. The van der Waals surface area contributed by atoms with Gasteiger partial charge in [0.1, 0.15) is 0 Å². The van der Waals surface area contributed by atoms with Crippen LogP contribution in [-0.2, 0) is 16.0 Å². The number of rotatable bonds is 9. The average molecular weight is 314 g/mol. The molecule has 2 unspecified atom stereocenters. The van der Waals surface area contributed by atoms with Gasteiger partial charge in [0.05, 0.1) is 0 Å². The smallest absolute Gasteiger partial charge is 0.224 e. The number of benzene rings is 1. The monoisotopic (exact) mass is 314 g/mol. The fraction of sp³-hybridized carbons (Fsp3) is 0.474. The number of amides is 2. The van der Waals surface area contributed by atoms with Gasteiger partial charge in [0.25, 0.3) is 0 Å². The van der Waals surface area contributed by atoms with Crippen LogP contribution in [0.4, 0.5) is 0 Å². The lowest BCUT2D eigenvalue weighted by Crippen LogP contribution is -2.36. The maximum atomic E-state index is 12.3. The van der Waals surface area contributed by atoms with Gasteiger partial charge in [-0.2, -0.15) is 0 Å². The second-order valence-electron chi connectivity index (χ2n) is 6.22. The van der Waals surface area contributed by atoms with Crippen molar-refractivity contribution in [2.24, 2.45) is 11.8 Å². The Morgan fingerprint density at radius 2 is 2.04 bits per heavy atom. The number of nitrogens with one attached hydrogen (secondary N) is 1. The summed E-state index contributed by atoms with van der Waals surface area (Å²) in [6.45, 7) is 7.42. The molecular formula is C19H26N2O2. The predicted molar refractivity (Wildman–Crippen MR) is 91.8 cm³/mol. The summed E-state index contributed by atoms with van der Waals surface area (Å²) in [5.41, 5.74) is 1.21. The Morgan fingerprint density at radius 3 is 2.65 bits per heavy atom. The molecule has 2 atom stereocenters. The lowest BCUT2D eigenvalue weighted by atomic mass is 10.1. The minimum atomic E-state index is 0.0602. The Labute approximate surface area is 138 Å². The van der Waals surface area contributed by atoms with E-state index < -0.39 is 0 Å². The third kappa shape index (κ3) is 5.55. The Hall–Kier alpha value is -2.10. The van der Waals surface area contributed by atoms with E-state index in [9.17, 15) is 9.59 Å². The van der Waals surface area contributed by atoms with E-state index >= 15 is 0 Å². The maximum absolute atomic E-state index is 12.3. The Balaban J connectivity index is 1.73. The molecule has 0 aliphatic heterocycles. The summed E-state index contributed by atoms with van der Waals surface area (Å²) in [4.78, 5) is 25.9. The lowest BCUT2D eigenvalue weighted by molar-refractivity contribution is -0.130. The summed E-state index contributed by atoms with van der Waals surface area (Å²) < 4.78 is 0. The van der Waals surface area contributed by atoms with Gasteiger partial charge < -0.3 is 10.2 Å². The zero-order chi connectivity index (χ0) is 16.7. The fourth-order valence-electron chi connectivity index (χ4n) is 2.65. The summed E-state index contributed by atoms with van der Waals surface area (Å²) in [6.07, 6.45) is 3.88. The molecule has 0 saturated heterocycles. The van der Waals surface area contributed by atoms with Crippen LogP contribution in [0.25, 0.3) is 0 Å². The molecule has 124 valence electrons. The molecule has 0 radical (unpaired) electrons. The van der Waals surface area contributed by atoms with E-state index in [1.807, 2.05) is 18.2 Å². The highest BCUT2D eigenvalue weighted by atomic mass is 16.2. The summed E-state index contributed by atoms with van der Waals surface area (Å²) in [6, 6.07) is 10.1. The molecule has 2 amide bonds. The molecule has 1 aromatic carbocycles. The van der Waals surface area contributed by atoms with E-state index in [0.717, 1.165) is 12.8 Å². The van der Waals surface area contributed by atoms with Gasteiger partial charge in [-0.05, 0) is 24.3 Å². The van der Waals surface area contributed by atoms with Crippen LogP contribution in [0.2, 0.25) is 0 Å². The first-order chi connectivity index (χ1) is 11.1. The van der Waals surface area contributed by atoms with Gasteiger partial charge in [0.2, 0.25) is 11.8 Å². The van der Waals surface area contributed by atoms with Crippen molar-refractivity contribution in [2.75, 3.05) is 19.6 Å². The van der Waals surface area contributed by atoms with Crippen LogP contribution < -0.4 is 5.32 Å². The lowest BCUT2D eigenvalue weighted by Gasteiger charge is -2.21. The highest BCUT2D eigenvalue weighted by Gasteiger charge is 2.38. The first-order valence-electron chi connectivity index (χ1n) is 8.32. The second kappa shape index (κ2) is 8.51. The Kier molecular flexibility index (Phi) is 6.39. The van der Waals surface area contributed by atoms with Crippen molar-refractivity contribution in [1.82, 2.24) is 10.2 Å². The quantitative estimate of drug-likeness (QED) is 0.712. The van der Waals surface area contributed by atoms with Gasteiger partial charge in [-0.3, -0.25) is 9.59 Å². The molecule has 1 aromatic rings. The molecule has 1 saturated carbocycles. The third-order valence-corrected chi connectivity index (χ3v) is 4.30. The van der Waals surface area contributed by atoms with Crippen LogP contribution in [0.3, 0.4) is 0 Å². The summed E-state index contributed by atoms with van der Waals surface area (Å²) in [7, 11) is 0. The summed E-state index contributed by atoms with van der Waals surface area (Å²) in [5, 5.41) is 2.86. The Morgan fingerprint density at radius 1 is 1.35 bits per heavy atom. The van der Waals surface area contributed by atoms with Gasteiger partial charge in [-0.1, -0.05) is 43.3 Å². The van der Waals surface area contributed by atoms with E-state index in [2.05, 4.69) is 31.0 Å². The van der Waals surface area contributed by atoms with Crippen molar-refractivity contribution in [1.29, 1.82) is 0 Å². The van der Waals surface area contributed by atoms with Gasteiger partial charge in [-0.25, -0.2) is 0 Å². The summed E-state index contributed by atoms with van der Waals surface area (Å²) in [5.74, 6) is 0.802. The zero-order valence-corrected chi connectivity index (χ0v) is 13.8. The normalized spacial score (nSPS) is 19.0. The largest absolute Gasteiger partial charge is 0.355 e. The molecule has 0 spiro atoms. The van der Waals surface area contributed by atoms with E-state index in [1.54, 1.807) is 11.0 Å². The SMILES string of the molecule is C=CCN(CCc1ccccc1)C(=O)CCNC(=O)C1CC1C. The molecule has 0 heterocycles. The van der Waals surface area contributed by atoms with Crippen molar-refractivity contribution in [2.45, 2.75) is 26.2 Å². The third-order valence-electron chi connectivity index (χ3n) is 4.30. The van der Waals surface area contributed by atoms with Crippen LogP contribution >= 0.6 is 0 Å². The van der Waals surface area contributed by atoms with Crippen LogP contribution in [-0.4, -0.2) is 36.3 Å². The summed E-state index contributed by atoms with van der Waals surface area (Å²) >= 11 is 0. The van der Waals surface area contributed by atoms with E-state index in [0.29, 0.717) is 32.0 Å². The molecule has 1 aliphatic carbocycles. The molecule has 1 fully saturated rings. The zero-order valence-electron chi connectivity index (χ0n) is 13.8. The Bertz CT molecular complexity index is 542. The van der Waals surface area contributed by atoms with Crippen molar-refractivity contribution < 1.29 is 9.59 Å². The maximum Gasteiger partial charge on any atom is 0.224 e. The molecule has 1 N–H and O–H groups in total. The molecule has 1 aliphatic rings. The highest BCUT2D eigenvalue weighted by Crippen LogP contribution is 2.37. The van der Waals surface area contributed by atoms with Crippen molar-refractivity contribution >= 4 is 11.8 Å². The van der Waals surface area contributed by atoms with Gasteiger partial charge >= 0.3 is 0 Å². The first kappa shape index (κ1) is 17.3. The first-order valence-corrected chi connectivity index (χ1v) is 8.32. The minimum Gasteiger partial charge on any atom is -0.355 e. The number of hydrogen-bond donors (Lipinski definition) is 1. The fourth-order valence-corrected chi connectivity index (χ4v) is 2.65. The molecule has 23 heavy (non-hydrogen) atoms. The molecule has 0 bridgehead atoms. The van der Waals surface area contributed by atoms with Crippen LogP contribution in [0, 0.1) is 11.8 Å². The number of carbonyl (C=O) groups excluding carboxylic acids is 2. The van der Waals surface area contributed by atoms with Crippen molar-refractivity contribution in [3.8, 4) is 0 Å². The minimum absolute atomic E-state index is 0.0602. The van der Waals surface area contributed by atoms with Crippen LogP contribution in [0.1, 0.15) is 25.3 Å². The van der Waals surface area contributed by atoms with E-state index in [4.69, 9.17) is 0 Å². The molecule has 2 rings (SSSR count). The average Bonchev–Trinajstić information content (AvgIpc) is 3.29. The predicted octanol–water partition coefficient (Wildman–Crippen LogP) is 2.41. The van der Waals surface area contributed by atoms with Gasteiger partial charge in [0, 0.05) is 32.0 Å². The standard InChI is InChI=1S/C19H26N2O2/c1-3-12-21(13-10-16-7-5-4-6-8-16)18(22)9-11-20-19(23)17-14-15(17)2/h3-8,15,17H,1,9-14H2,2H3,(H,20,23). The van der Waals surface area contributed by atoms with Crippen molar-refractivity contribution in [3.63, 3.8) is 0 Å².